The predicted octanol–water partition coefficient (Wildman–Crippen LogP) is 0.923. The number of rotatable bonds is 5. The molecule has 1 aromatic heterocycles. The monoisotopic (exact) mass is 270 g/mol. The summed E-state index contributed by atoms with van der Waals surface area (Å²) in [7, 11) is 0. The first-order valence-corrected chi connectivity index (χ1v) is 6.88. The number of thiazole rings is 1. The first-order chi connectivity index (χ1) is 8.70. The summed E-state index contributed by atoms with van der Waals surface area (Å²) in [4.78, 5) is 16.5. The highest BCUT2D eigenvalue weighted by Crippen LogP contribution is 2.24. The van der Waals surface area contributed by atoms with Gasteiger partial charge >= 0.3 is 0 Å². The lowest BCUT2D eigenvalue weighted by Gasteiger charge is -2.08. The van der Waals surface area contributed by atoms with Crippen molar-refractivity contribution in [3.8, 4) is 0 Å². The molecule has 1 saturated heterocycles. The van der Waals surface area contributed by atoms with Crippen molar-refractivity contribution in [2.24, 2.45) is 5.92 Å². The van der Waals surface area contributed by atoms with E-state index in [-0.39, 0.29) is 11.7 Å². The summed E-state index contributed by atoms with van der Waals surface area (Å²) in [5.41, 5.74) is 5.73. The number of aromatic nitrogens is 1. The summed E-state index contributed by atoms with van der Waals surface area (Å²) in [6.07, 6.45) is 1.00. The minimum Gasteiger partial charge on any atom is -0.382 e. The van der Waals surface area contributed by atoms with Crippen molar-refractivity contribution in [2.75, 3.05) is 37.4 Å². The van der Waals surface area contributed by atoms with Crippen LogP contribution in [-0.2, 0) is 4.74 Å². The molecule has 0 spiro atoms. The molecule has 100 valence electrons. The molecule has 1 aliphatic rings. The van der Waals surface area contributed by atoms with Crippen molar-refractivity contribution in [3.05, 3.63) is 4.88 Å². The van der Waals surface area contributed by atoms with Gasteiger partial charge in [0.25, 0.3) is 5.91 Å². The summed E-state index contributed by atoms with van der Waals surface area (Å²) < 4.78 is 5.26. The van der Waals surface area contributed by atoms with E-state index >= 15 is 0 Å². The molecule has 1 amide bonds. The van der Waals surface area contributed by atoms with E-state index < -0.39 is 0 Å². The molecule has 2 heterocycles. The maximum Gasteiger partial charge on any atom is 0.265 e. The number of amides is 1. The highest BCUT2D eigenvalue weighted by molar-refractivity contribution is 7.18. The van der Waals surface area contributed by atoms with Crippen molar-refractivity contribution in [1.29, 1.82) is 0 Å². The van der Waals surface area contributed by atoms with Crippen LogP contribution in [0.1, 0.15) is 23.0 Å². The molecule has 18 heavy (non-hydrogen) atoms. The Morgan fingerprint density at radius 1 is 1.67 bits per heavy atom. The molecule has 1 unspecified atom stereocenters. The van der Waals surface area contributed by atoms with Gasteiger partial charge in [0, 0.05) is 25.6 Å². The van der Waals surface area contributed by atoms with Crippen LogP contribution in [0.15, 0.2) is 0 Å². The number of hydrogen-bond acceptors (Lipinski definition) is 6. The van der Waals surface area contributed by atoms with Gasteiger partial charge in [-0.15, -0.1) is 0 Å². The molecule has 1 aliphatic heterocycles. The lowest BCUT2D eigenvalue weighted by atomic mass is 10.1. The second kappa shape index (κ2) is 6.01. The molecular formula is C11H18N4O2S. The van der Waals surface area contributed by atoms with E-state index in [1.54, 1.807) is 0 Å². The Bertz CT molecular complexity index is 415. The zero-order chi connectivity index (χ0) is 13.0. The minimum absolute atomic E-state index is 0.152. The van der Waals surface area contributed by atoms with E-state index in [0.717, 1.165) is 26.2 Å². The standard InChI is InChI=1S/C11H18N4O2S/c1-2-13-11-15-9(12)8(18-11)10(16)14-5-7-3-4-17-6-7/h7H,2-6,12H2,1H3,(H,13,15)(H,14,16). The highest BCUT2D eigenvalue weighted by Gasteiger charge is 2.19. The fourth-order valence-electron chi connectivity index (χ4n) is 1.78. The molecule has 1 fully saturated rings. The van der Waals surface area contributed by atoms with Gasteiger partial charge in [-0.3, -0.25) is 4.79 Å². The Balaban J connectivity index is 1.91. The summed E-state index contributed by atoms with van der Waals surface area (Å²) in [5.74, 6) is 0.550. The first-order valence-electron chi connectivity index (χ1n) is 6.06. The van der Waals surface area contributed by atoms with Crippen LogP contribution in [0.3, 0.4) is 0 Å². The van der Waals surface area contributed by atoms with Crippen LogP contribution in [-0.4, -0.2) is 37.2 Å². The lowest BCUT2D eigenvalue weighted by molar-refractivity contribution is 0.0949. The van der Waals surface area contributed by atoms with Crippen LogP contribution in [0, 0.1) is 5.92 Å². The van der Waals surface area contributed by atoms with Gasteiger partial charge in [-0.25, -0.2) is 4.98 Å². The summed E-state index contributed by atoms with van der Waals surface area (Å²) in [6.45, 7) is 4.87. The number of nitrogens with one attached hydrogen (secondary N) is 2. The van der Waals surface area contributed by atoms with Crippen molar-refractivity contribution in [1.82, 2.24) is 10.3 Å². The number of anilines is 2. The Hall–Kier alpha value is -1.34. The molecule has 6 nitrogen and oxygen atoms in total. The molecule has 2 rings (SSSR count). The van der Waals surface area contributed by atoms with Gasteiger partial charge in [-0.05, 0) is 13.3 Å². The van der Waals surface area contributed by atoms with E-state index in [1.807, 2.05) is 6.92 Å². The molecule has 1 aromatic rings. The van der Waals surface area contributed by atoms with Crippen LogP contribution in [0.25, 0.3) is 0 Å². The molecule has 0 radical (unpaired) electrons. The molecule has 0 bridgehead atoms. The van der Waals surface area contributed by atoms with Gasteiger partial charge in [0.15, 0.2) is 5.13 Å². The van der Waals surface area contributed by atoms with Crippen molar-refractivity contribution < 1.29 is 9.53 Å². The third-order valence-electron chi connectivity index (χ3n) is 2.76. The number of ether oxygens (including phenoxy) is 1. The average molecular weight is 270 g/mol. The number of hydrogen-bond donors (Lipinski definition) is 3. The van der Waals surface area contributed by atoms with Gasteiger partial charge in [0.05, 0.1) is 6.61 Å². The fraction of sp³-hybridized carbons (Fsp3) is 0.636. The Morgan fingerprint density at radius 3 is 3.17 bits per heavy atom. The van der Waals surface area contributed by atoms with E-state index in [4.69, 9.17) is 10.5 Å². The molecule has 4 N–H and O–H groups in total. The van der Waals surface area contributed by atoms with Gasteiger partial charge < -0.3 is 21.1 Å². The molecule has 0 aromatic carbocycles. The molecule has 7 heteroatoms. The van der Waals surface area contributed by atoms with Crippen LogP contribution in [0.2, 0.25) is 0 Å². The third kappa shape index (κ3) is 3.11. The largest absolute Gasteiger partial charge is 0.382 e. The maximum atomic E-state index is 12.0. The van der Waals surface area contributed by atoms with Crippen LogP contribution >= 0.6 is 11.3 Å². The molecule has 1 atom stereocenters. The Morgan fingerprint density at radius 2 is 2.50 bits per heavy atom. The zero-order valence-electron chi connectivity index (χ0n) is 10.4. The number of carbonyl (C=O) groups excluding carboxylic acids is 1. The zero-order valence-corrected chi connectivity index (χ0v) is 11.2. The number of nitrogens with zero attached hydrogens (tertiary/aromatic N) is 1. The predicted molar refractivity (Wildman–Crippen MR) is 71.9 cm³/mol. The topological polar surface area (TPSA) is 89.3 Å². The smallest absolute Gasteiger partial charge is 0.265 e. The fourth-order valence-corrected chi connectivity index (χ4v) is 2.65. The van der Waals surface area contributed by atoms with Crippen molar-refractivity contribution >= 4 is 28.2 Å². The van der Waals surface area contributed by atoms with Crippen LogP contribution in [0.4, 0.5) is 10.9 Å². The number of nitrogen functional groups attached to an aromatic ring is 1. The SMILES string of the molecule is CCNc1nc(N)c(C(=O)NCC2CCOC2)s1. The molecule has 0 aliphatic carbocycles. The van der Waals surface area contributed by atoms with Gasteiger partial charge in [-0.2, -0.15) is 0 Å². The lowest BCUT2D eigenvalue weighted by Crippen LogP contribution is -2.29. The van der Waals surface area contributed by atoms with Crippen molar-refractivity contribution in [3.63, 3.8) is 0 Å². The van der Waals surface area contributed by atoms with E-state index in [0.29, 0.717) is 22.5 Å². The molecular weight excluding hydrogens is 252 g/mol. The quantitative estimate of drug-likeness (QED) is 0.740. The van der Waals surface area contributed by atoms with Crippen molar-refractivity contribution in [2.45, 2.75) is 13.3 Å². The van der Waals surface area contributed by atoms with Gasteiger partial charge in [0.1, 0.15) is 10.7 Å². The average Bonchev–Trinajstić information content (AvgIpc) is 2.96. The van der Waals surface area contributed by atoms with E-state index in [1.165, 1.54) is 11.3 Å². The summed E-state index contributed by atoms with van der Waals surface area (Å²) in [5, 5.41) is 6.61. The number of carbonyl (C=O) groups is 1. The summed E-state index contributed by atoms with van der Waals surface area (Å²) in [6, 6.07) is 0. The second-order valence-corrected chi connectivity index (χ2v) is 5.20. The summed E-state index contributed by atoms with van der Waals surface area (Å²) >= 11 is 1.28. The van der Waals surface area contributed by atoms with Crippen LogP contribution in [0.5, 0.6) is 0 Å². The number of nitrogens with two attached hydrogens (primary N) is 1. The van der Waals surface area contributed by atoms with E-state index in [9.17, 15) is 4.79 Å². The normalized spacial score (nSPS) is 18.8. The highest BCUT2D eigenvalue weighted by atomic mass is 32.1. The molecule has 0 saturated carbocycles. The Labute approximate surface area is 110 Å². The second-order valence-electron chi connectivity index (χ2n) is 4.20. The van der Waals surface area contributed by atoms with Gasteiger partial charge in [-0.1, -0.05) is 11.3 Å². The third-order valence-corrected chi connectivity index (χ3v) is 3.79. The minimum atomic E-state index is -0.152. The van der Waals surface area contributed by atoms with E-state index in [2.05, 4.69) is 15.6 Å². The van der Waals surface area contributed by atoms with Crippen LogP contribution < -0.4 is 16.4 Å². The Kier molecular flexibility index (Phi) is 4.38. The van der Waals surface area contributed by atoms with Gasteiger partial charge in [0.2, 0.25) is 0 Å². The maximum absolute atomic E-state index is 12.0. The first kappa shape index (κ1) is 13.1.